The van der Waals surface area contributed by atoms with Gasteiger partial charge in [-0.3, -0.25) is 4.90 Å². The molecule has 3 nitrogen and oxygen atoms in total. The van der Waals surface area contributed by atoms with Crippen LogP contribution in [0.15, 0.2) is 0 Å². The molecule has 0 aliphatic carbocycles. The lowest BCUT2D eigenvalue weighted by molar-refractivity contribution is 0.152. The van der Waals surface area contributed by atoms with E-state index in [9.17, 15) is 4.79 Å². The van der Waals surface area contributed by atoms with Gasteiger partial charge >= 0.3 is 6.09 Å². The van der Waals surface area contributed by atoms with Crippen LogP contribution in [-0.2, 0) is 0 Å². The van der Waals surface area contributed by atoms with Crippen LogP contribution in [0.1, 0.15) is 19.8 Å². The fourth-order valence-electron chi connectivity index (χ4n) is 0.556. The van der Waals surface area contributed by atoms with Gasteiger partial charge in [-0.25, -0.2) is 4.79 Å². The summed E-state index contributed by atoms with van der Waals surface area (Å²) in [6.07, 6.45) is 0.920. The van der Waals surface area contributed by atoms with Gasteiger partial charge in [-0.15, -0.1) is 11.6 Å². The number of nitrogens with zero attached hydrogens (tertiary/aromatic N) is 1. The van der Waals surface area contributed by atoms with Crippen molar-refractivity contribution in [2.45, 2.75) is 19.8 Å². The number of halogens is 1. The molecule has 0 saturated heterocycles. The van der Waals surface area contributed by atoms with Gasteiger partial charge in [-0.05, 0) is 6.42 Å². The lowest BCUT2D eigenvalue weighted by Crippen LogP contribution is -2.28. The van der Waals surface area contributed by atoms with E-state index in [1.54, 1.807) is 0 Å². The molecule has 0 atom stereocenters. The van der Waals surface area contributed by atoms with E-state index in [0.29, 0.717) is 6.54 Å². The van der Waals surface area contributed by atoms with E-state index in [-0.39, 0.29) is 6.00 Å². The SMILES string of the molecule is CCCCN(CCl)C(=O)O. The summed E-state index contributed by atoms with van der Waals surface area (Å²) in [5.41, 5.74) is 0. The average molecular weight is 166 g/mol. The number of rotatable bonds is 4. The van der Waals surface area contributed by atoms with Gasteiger partial charge < -0.3 is 5.11 Å². The molecule has 60 valence electrons. The third-order valence-electron chi connectivity index (χ3n) is 1.20. The van der Waals surface area contributed by atoms with Crippen LogP contribution in [-0.4, -0.2) is 28.6 Å². The zero-order chi connectivity index (χ0) is 7.98. The first-order valence-corrected chi connectivity index (χ1v) is 3.79. The Morgan fingerprint density at radius 2 is 2.30 bits per heavy atom. The van der Waals surface area contributed by atoms with Crippen molar-refractivity contribution >= 4 is 17.7 Å². The molecule has 0 fully saturated rings. The van der Waals surface area contributed by atoms with Crippen molar-refractivity contribution in [3.63, 3.8) is 0 Å². The molecule has 0 unspecified atom stereocenters. The zero-order valence-corrected chi connectivity index (χ0v) is 6.76. The van der Waals surface area contributed by atoms with Gasteiger partial charge in [0, 0.05) is 6.54 Å². The van der Waals surface area contributed by atoms with Gasteiger partial charge in [0.05, 0.1) is 6.00 Å². The van der Waals surface area contributed by atoms with Gasteiger partial charge in [0.2, 0.25) is 0 Å². The first kappa shape index (κ1) is 9.56. The highest BCUT2D eigenvalue weighted by Crippen LogP contribution is 1.96. The molecule has 0 aromatic carbocycles. The Labute approximate surface area is 65.6 Å². The molecule has 0 aliphatic rings. The Bertz CT molecular complexity index is 108. The van der Waals surface area contributed by atoms with Crippen molar-refractivity contribution in [2.75, 3.05) is 12.5 Å². The fraction of sp³-hybridized carbons (Fsp3) is 0.833. The molecule has 0 bridgehead atoms. The second kappa shape index (κ2) is 5.35. The minimum atomic E-state index is -0.941. The molecule has 0 radical (unpaired) electrons. The van der Waals surface area contributed by atoms with Crippen LogP contribution >= 0.6 is 11.6 Å². The Morgan fingerprint density at radius 1 is 1.70 bits per heavy atom. The Morgan fingerprint density at radius 3 is 2.60 bits per heavy atom. The maximum absolute atomic E-state index is 10.3. The number of carbonyl (C=O) groups is 1. The third kappa shape index (κ3) is 3.56. The Kier molecular flexibility index (Phi) is 5.12. The number of hydrogen-bond donors (Lipinski definition) is 1. The van der Waals surface area contributed by atoms with Crippen LogP contribution < -0.4 is 0 Å². The Hall–Kier alpha value is -0.440. The number of carboxylic acid groups (broad SMARTS) is 1. The quantitative estimate of drug-likeness (QED) is 0.511. The summed E-state index contributed by atoms with van der Waals surface area (Å²) in [6.45, 7) is 2.55. The predicted molar refractivity (Wildman–Crippen MR) is 40.4 cm³/mol. The molecular weight excluding hydrogens is 154 g/mol. The summed E-state index contributed by atoms with van der Waals surface area (Å²) >= 11 is 5.34. The van der Waals surface area contributed by atoms with E-state index in [1.807, 2.05) is 6.92 Å². The summed E-state index contributed by atoms with van der Waals surface area (Å²) in [6, 6.07) is 0.0648. The average Bonchev–Trinajstić information content (AvgIpc) is 1.89. The van der Waals surface area contributed by atoms with Crippen LogP contribution in [0, 0.1) is 0 Å². The second-order valence-electron chi connectivity index (χ2n) is 2.02. The van der Waals surface area contributed by atoms with Crippen molar-refractivity contribution in [3.8, 4) is 0 Å². The molecule has 1 amide bonds. The summed E-state index contributed by atoms with van der Waals surface area (Å²) in [5, 5.41) is 8.44. The summed E-state index contributed by atoms with van der Waals surface area (Å²) in [5.74, 6) is 0. The zero-order valence-electron chi connectivity index (χ0n) is 6.01. The van der Waals surface area contributed by atoms with E-state index in [4.69, 9.17) is 16.7 Å². The molecule has 0 aromatic heterocycles. The van der Waals surface area contributed by atoms with Crippen LogP contribution in [0.25, 0.3) is 0 Å². The lowest BCUT2D eigenvalue weighted by atomic mass is 10.3. The molecular formula is C6H12ClNO2. The van der Waals surface area contributed by atoms with Gasteiger partial charge in [0.25, 0.3) is 0 Å². The molecule has 1 N–H and O–H groups in total. The number of hydrogen-bond acceptors (Lipinski definition) is 1. The van der Waals surface area contributed by atoms with Crippen molar-refractivity contribution < 1.29 is 9.90 Å². The molecule has 0 spiro atoms. The first-order valence-electron chi connectivity index (χ1n) is 3.26. The summed E-state index contributed by atoms with van der Waals surface area (Å²) < 4.78 is 0. The van der Waals surface area contributed by atoms with E-state index >= 15 is 0 Å². The van der Waals surface area contributed by atoms with Crippen LogP contribution in [0.4, 0.5) is 4.79 Å². The topological polar surface area (TPSA) is 40.5 Å². The lowest BCUT2D eigenvalue weighted by Gasteiger charge is -2.14. The monoisotopic (exact) mass is 165 g/mol. The molecule has 0 aliphatic heterocycles. The van der Waals surface area contributed by atoms with Crippen molar-refractivity contribution in [1.29, 1.82) is 0 Å². The van der Waals surface area contributed by atoms with E-state index < -0.39 is 6.09 Å². The minimum Gasteiger partial charge on any atom is -0.465 e. The highest BCUT2D eigenvalue weighted by molar-refractivity contribution is 6.18. The van der Waals surface area contributed by atoms with Gasteiger partial charge in [0.1, 0.15) is 0 Å². The summed E-state index contributed by atoms with van der Waals surface area (Å²) in [4.78, 5) is 11.5. The highest BCUT2D eigenvalue weighted by Gasteiger charge is 2.07. The van der Waals surface area contributed by atoms with Gasteiger partial charge in [-0.1, -0.05) is 13.3 Å². The number of alkyl halides is 1. The highest BCUT2D eigenvalue weighted by atomic mass is 35.5. The van der Waals surface area contributed by atoms with E-state index in [0.717, 1.165) is 12.8 Å². The third-order valence-corrected chi connectivity index (χ3v) is 1.48. The van der Waals surface area contributed by atoms with Crippen LogP contribution in [0.2, 0.25) is 0 Å². The predicted octanol–water partition coefficient (Wildman–Crippen LogP) is 1.96. The van der Waals surface area contributed by atoms with Crippen molar-refractivity contribution in [1.82, 2.24) is 4.90 Å². The second-order valence-corrected chi connectivity index (χ2v) is 2.26. The fourth-order valence-corrected chi connectivity index (χ4v) is 0.777. The normalized spacial score (nSPS) is 9.40. The Balaban J connectivity index is 3.50. The van der Waals surface area contributed by atoms with Gasteiger partial charge in [0.15, 0.2) is 0 Å². The molecule has 10 heavy (non-hydrogen) atoms. The van der Waals surface area contributed by atoms with Crippen molar-refractivity contribution in [2.24, 2.45) is 0 Å². The van der Waals surface area contributed by atoms with Crippen LogP contribution in [0.5, 0.6) is 0 Å². The minimum absolute atomic E-state index is 0.0648. The molecule has 0 saturated carbocycles. The van der Waals surface area contributed by atoms with E-state index in [1.165, 1.54) is 4.90 Å². The molecule has 0 heterocycles. The standard InChI is InChI=1S/C6H12ClNO2/c1-2-3-4-8(5-7)6(9)10/h2-5H2,1H3,(H,9,10). The molecule has 0 rings (SSSR count). The molecule has 0 aromatic rings. The largest absolute Gasteiger partial charge is 0.465 e. The van der Waals surface area contributed by atoms with Crippen LogP contribution in [0.3, 0.4) is 0 Å². The maximum atomic E-state index is 10.3. The maximum Gasteiger partial charge on any atom is 0.408 e. The number of amides is 1. The van der Waals surface area contributed by atoms with Crippen molar-refractivity contribution in [3.05, 3.63) is 0 Å². The van der Waals surface area contributed by atoms with Gasteiger partial charge in [-0.2, -0.15) is 0 Å². The smallest absolute Gasteiger partial charge is 0.408 e. The molecule has 4 heteroatoms. The first-order chi connectivity index (χ1) is 4.72. The number of unbranched alkanes of at least 4 members (excludes halogenated alkanes) is 1. The summed E-state index contributed by atoms with van der Waals surface area (Å²) in [7, 11) is 0. The van der Waals surface area contributed by atoms with E-state index in [2.05, 4.69) is 0 Å².